The number of nitrogens with one attached hydrogen (secondary N) is 1. The van der Waals surface area contributed by atoms with Gasteiger partial charge in [0.15, 0.2) is 0 Å². The summed E-state index contributed by atoms with van der Waals surface area (Å²) in [5.74, 6) is 1.34. The van der Waals surface area contributed by atoms with Crippen molar-refractivity contribution in [2.45, 2.75) is 64.8 Å². The van der Waals surface area contributed by atoms with Gasteiger partial charge in [-0.1, -0.05) is 31.4 Å². The number of hydrogen-bond acceptors (Lipinski definition) is 1. The lowest BCUT2D eigenvalue weighted by Crippen LogP contribution is -2.40. The van der Waals surface area contributed by atoms with E-state index in [1.807, 2.05) is 12.1 Å². The van der Waals surface area contributed by atoms with E-state index >= 15 is 0 Å². The topological polar surface area (TPSA) is 12.0 Å². The Morgan fingerprint density at radius 2 is 1.62 bits per heavy atom. The third-order valence-corrected chi connectivity index (χ3v) is 4.62. The smallest absolute Gasteiger partial charge is 0.123 e. The molecule has 0 amide bonds. The van der Waals surface area contributed by atoms with E-state index in [9.17, 15) is 4.39 Å². The number of rotatable bonds is 4. The Labute approximate surface area is 129 Å². The Morgan fingerprint density at radius 1 is 1.00 bits per heavy atom. The zero-order valence-corrected chi connectivity index (χ0v) is 13.8. The Kier molecular flexibility index (Phi) is 5.80. The summed E-state index contributed by atoms with van der Waals surface area (Å²) in [6.07, 6.45) is 7.81. The lowest BCUT2D eigenvalue weighted by molar-refractivity contribution is 0.269. The molecule has 0 saturated heterocycles. The van der Waals surface area contributed by atoms with Crippen LogP contribution >= 0.6 is 0 Å². The fourth-order valence-corrected chi connectivity index (χ4v) is 3.36. The third-order valence-electron chi connectivity index (χ3n) is 4.62. The summed E-state index contributed by atoms with van der Waals surface area (Å²) in [7, 11) is 0. The van der Waals surface area contributed by atoms with Crippen LogP contribution in [0.15, 0.2) is 24.3 Å². The first-order chi connectivity index (χ1) is 9.94. The van der Waals surface area contributed by atoms with Crippen molar-refractivity contribution in [3.05, 3.63) is 35.6 Å². The quantitative estimate of drug-likeness (QED) is 0.774. The second kappa shape index (κ2) is 7.40. The van der Waals surface area contributed by atoms with Crippen molar-refractivity contribution in [2.75, 3.05) is 6.54 Å². The van der Waals surface area contributed by atoms with Crippen LogP contribution in [0.5, 0.6) is 0 Å². The maximum Gasteiger partial charge on any atom is 0.123 e. The van der Waals surface area contributed by atoms with E-state index in [0.29, 0.717) is 0 Å². The maximum absolute atomic E-state index is 13.0. The van der Waals surface area contributed by atoms with Crippen molar-refractivity contribution in [1.82, 2.24) is 5.32 Å². The van der Waals surface area contributed by atoms with Crippen LogP contribution in [-0.4, -0.2) is 12.1 Å². The molecule has 2 atom stereocenters. The van der Waals surface area contributed by atoms with Crippen LogP contribution in [0, 0.1) is 17.7 Å². The van der Waals surface area contributed by atoms with Crippen LogP contribution < -0.4 is 5.32 Å². The number of hydrogen-bond donors (Lipinski definition) is 1. The molecule has 1 fully saturated rings. The third kappa shape index (κ3) is 5.78. The molecule has 0 radical (unpaired) electrons. The first kappa shape index (κ1) is 16.5. The summed E-state index contributed by atoms with van der Waals surface area (Å²) in [6.45, 7) is 7.81. The fourth-order valence-electron chi connectivity index (χ4n) is 3.36. The molecule has 0 bridgehead atoms. The van der Waals surface area contributed by atoms with Crippen LogP contribution in [-0.2, 0) is 6.42 Å². The molecule has 21 heavy (non-hydrogen) atoms. The van der Waals surface area contributed by atoms with Crippen molar-refractivity contribution in [2.24, 2.45) is 11.8 Å². The maximum atomic E-state index is 13.0. The summed E-state index contributed by atoms with van der Waals surface area (Å²) in [5, 5.41) is 3.68. The summed E-state index contributed by atoms with van der Waals surface area (Å²) in [4.78, 5) is 0. The summed E-state index contributed by atoms with van der Waals surface area (Å²) < 4.78 is 13.0. The first-order valence-corrected chi connectivity index (χ1v) is 8.43. The molecule has 1 aliphatic carbocycles. The molecule has 1 N–H and O–H groups in total. The van der Waals surface area contributed by atoms with E-state index < -0.39 is 0 Å². The van der Waals surface area contributed by atoms with E-state index in [4.69, 9.17) is 0 Å². The zero-order chi connectivity index (χ0) is 15.3. The van der Waals surface area contributed by atoms with Crippen LogP contribution in [0.25, 0.3) is 0 Å². The summed E-state index contributed by atoms with van der Waals surface area (Å²) in [5.41, 5.74) is 1.47. The van der Waals surface area contributed by atoms with Crippen LogP contribution in [0.2, 0.25) is 0 Å². The van der Waals surface area contributed by atoms with Crippen molar-refractivity contribution in [1.29, 1.82) is 0 Å². The van der Waals surface area contributed by atoms with Gasteiger partial charge in [-0.15, -0.1) is 0 Å². The largest absolute Gasteiger partial charge is 0.312 e. The van der Waals surface area contributed by atoms with Crippen molar-refractivity contribution >= 4 is 0 Å². The molecule has 2 rings (SSSR count). The molecule has 1 aromatic rings. The normalized spacial score (nSPS) is 23.8. The molecule has 0 aromatic heterocycles. The average molecular weight is 291 g/mol. The van der Waals surface area contributed by atoms with Gasteiger partial charge < -0.3 is 5.32 Å². The SMILES string of the molecule is CC(C)(C)NCC1CCCCCC1Cc1ccc(F)cc1. The Hall–Kier alpha value is -0.890. The Bertz CT molecular complexity index is 418. The van der Waals surface area contributed by atoms with E-state index in [2.05, 4.69) is 26.1 Å². The highest BCUT2D eigenvalue weighted by Gasteiger charge is 2.25. The average Bonchev–Trinajstić information content (AvgIpc) is 2.63. The minimum Gasteiger partial charge on any atom is -0.312 e. The highest BCUT2D eigenvalue weighted by Crippen LogP contribution is 2.31. The second-order valence-electron chi connectivity index (χ2n) is 7.62. The predicted molar refractivity (Wildman–Crippen MR) is 87.9 cm³/mol. The zero-order valence-electron chi connectivity index (χ0n) is 13.8. The number of halogens is 1. The molecule has 0 aliphatic heterocycles. The molecule has 1 nitrogen and oxygen atoms in total. The van der Waals surface area contributed by atoms with Crippen LogP contribution in [0.1, 0.15) is 58.4 Å². The molecule has 1 saturated carbocycles. The van der Waals surface area contributed by atoms with Gasteiger partial charge in [0, 0.05) is 5.54 Å². The molecule has 0 heterocycles. The monoisotopic (exact) mass is 291 g/mol. The van der Waals surface area contributed by atoms with Gasteiger partial charge in [0.2, 0.25) is 0 Å². The van der Waals surface area contributed by atoms with Crippen molar-refractivity contribution in [3.63, 3.8) is 0 Å². The molecular formula is C19H30FN. The van der Waals surface area contributed by atoms with Crippen LogP contribution in [0.3, 0.4) is 0 Å². The van der Waals surface area contributed by atoms with E-state index in [1.165, 1.54) is 37.7 Å². The Balaban J connectivity index is 1.99. The molecule has 0 spiro atoms. The lowest BCUT2D eigenvalue weighted by atomic mass is 9.83. The molecule has 1 aliphatic rings. The first-order valence-electron chi connectivity index (χ1n) is 8.43. The molecule has 2 heteroatoms. The van der Waals surface area contributed by atoms with Crippen LogP contribution in [0.4, 0.5) is 4.39 Å². The minimum atomic E-state index is -0.134. The van der Waals surface area contributed by atoms with Gasteiger partial charge >= 0.3 is 0 Å². The van der Waals surface area contributed by atoms with Gasteiger partial charge in [-0.25, -0.2) is 4.39 Å². The molecule has 118 valence electrons. The van der Waals surface area contributed by atoms with Crippen molar-refractivity contribution in [3.8, 4) is 0 Å². The molecule has 1 aromatic carbocycles. The standard InChI is InChI=1S/C19H30FN/c1-19(2,3)21-14-17-8-6-4-5-7-16(17)13-15-9-11-18(20)12-10-15/h9-12,16-17,21H,4-8,13-14H2,1-3H3. The van der Waals surface area contributed by atoms with E-state index in [-0.39, 0.29) is 11.4 Å². The highest BCUT2D eigenvalue weighted by atomic mass is 19.1. The van der Waals surface area contributed by atoms with Gasteiger partial charge in [-0.2, -0.15) is 0 Å². The van der Waals surface area contributed by atoms with Gasteiger partial charge in [-0.05, 0) is 76.1 Å². The van der Waals surface area contributed by atoms with E-state index in [1.54, 1.807) is 12.1 Å². The molecule has 2 unspecified atom stereocenters. The van der Waals surface area contributed by atoms with Gasteiger partial charge in [-0.3, -0.25) is 0 Å². The minimum absolute atomic E-state index is 0.134. The highest BCUT2D eigenvalue weighted by molar-refractivity contribution is 5.16. The second-order valence-corrected chi connectivity index (χ2v) is 7.62. The van der Waals surface area contributed by atoms with E-state index in [0.717, 1.165) is 24.8 Å². The fraction of sp³-hybridized carbons (Fsp3) is 0.684. The van der Waals surface area contributed by atoms with Gasteiger partial charge in [0.05, 0.1) is 0 Å². The summed E-state index contributed by atoms with van der Waals surface area (Å²) in [6, 6.07) is 7.09. The lowest BCUT2D eigenvalue weighted by Gasteiger charge is -2.30. The number of benzene rings is 1. The predicted octanol–water partition coefficient (Wildman–Crippen LogP) is 4.95. The van der Waals surface area contributed by atoms with Gasteiger partial charge in [0.25, 0.3) is 0 Å². The molecular weight excluding hydrogens is 261 g/mol. The van der Waals surface area contributed by atoms with Crippen molar-refractivity contribution < 1.29 is 4.39 Å². The summed E-state index contributed by atoms with van der Waals surface area (Å²) >= 11 is 0. The van der Waals surface area contributed by atoms with Gasteiger partial charge in [0.1, 0.15) is 5.82 Å². The Morgan fingerprint density at radius 3 is 2.24 bits per heavy atom.